The van der Waals surface area contributed by atoms with Gasteiger partial charge in [0, 0.05) is 70.2 Å². The van der Waals surface area contributed by atoms with Gasteiger partial charge in [-0.2, -0.15) is 0 Å². The van der Waals surface area contributed by atoms with Gasteiger partial charge in [0.2, 0.25) is 6.29 Å². The van der Waals surface area contributed by atoms with Crippen LogP contribution in [0.5, 0.6) is 69.0 Å². The van der Waals surface area contributed by atoms with Gasteiger partial charge in [-0.25, -0.2) is 0 Å². The molecular weight excluding hydrogens is 1020 g/mol. The molecule has 0 aromatic heterocycles. The quantitative estimate of drug-likeness (QED) is 0.0653. The molecule has 0 unspecified atom stereocenters. The first-order chi connectivity index (χ1) is 38.0. The van der Waals surface area contributed by atoms with Gasteiger partial charge in [-0.05, 0) is 117 Å². The first kappa shape index (κ1) is 49.7. The van der Waals surface area contributed by atoms with Crippen LogP contribution in [0.3, 0.4) is 0 Å². The van der Waals surface area contributed by atoms with Crippen LogP contribution in [-0.4, -0.2) is 104 Å². The van der Waals surface area contributed by atoms with Crippen molar-refractivity contribution in [3.8, 4) is 69.0 Å². The predicted octanol–water partition coefficient (Wildman–Crippen LogP) is 7.91. The van der Waals surface area contributed by atoms with Crippen molar-refractivity contribution in [2.24, 2.45) is 0 Å². The maximum atomic E-state index is 13.1. The van der Waals surface area contributed by atoms with Crippen LogP contribution in [0.2, 0.25) is 0 Å². The molecule has 17 nitrogen and oxygen atoms in total. The fourth-order valence-electron chi connectivity index (χ4n) is 13.4. The lowest BCUT2D eigenvalue weighted by Gasteiger charge is -2.39. The van der Waals surface area contributed by atoms with Gasteiger partial charge in [0.25, 0.3) is 0 Å². The fourth-order valence-corrected chi connectivity index (χ4v) is 13.4. The number of aliphatic hydroxyl groups excluding tert-OH is 4. The topological polar surface area (TPSA) is 300 Å². The molecule has 0 spiro atoms. The summed E-state index contributed by atoms with van der Waals surface area (Å²) in [4.78, 5) is 0. The molecule has 8 aromatic carbocycles. The molecule has 3 aliphatic heterocycles. The number of aromatic hydroxyl groups is 9. The molecule has 402 valence electrons. The zero-order valence-electron chi connectivity index (χ0n) is 41.5. The standard InChI is InChI=1S/C62H52O17/c63-25-45-57(73)58(74)59(75)62(79-45)76-38-22-40(50-43(23-38)77-60(28-5-13-33(66)14-6-28)48(50)30-17-35(68)19-36(69)18-30)51-47(27-3-11-32(65)12-4-27)55-46(26-1-9-31(64)10-2-26)49-39(20-37(70)21-41(49)71)52-54-44(24-42(72)53(51)56(54)55)78-61(52)29-7-15-34(67)16-8-29/h1-24,45-48,51-52,55,57-75H,25H2/t45-,46+,47+,48+,51+,52+,55-,57-,58+,59-,60-,61-,62-/m1/s1. The summed E-state index contributed by atoms with van der Waals surface area (Å²) in [5.41, 5.74) is 6.23. The van der Waals surface area contributed by atoms with Gasteiger partial charge in [-0.1, -0.05) is 48.5 Å². The second-order valence-corrected chi connectivity index (χ2v) is 21.0. The third-order valence-electron chi connectivity index (χ3n) is 16.5. The predicted molar refractivity (Wildman–Crippen MR) is 281 cm³/mol. The Labute approximate surface area is 450 Å². The number of benzene rings is 8. The van der Waals surface area contributed by atoms with Crippen LogP contribution in [-0.2, 0) is 4.74 Å². The van der Waals surface area contributed by atoms with Crippen LogP contribution in [0.4, 0.5) is 0 Å². The minimum atomic E-state index is -1.84. The first-order valence-corrected chi connectivity index (χ1v) is 25.7. The highest BCUT2D eigenvalue weighted by Crippen LogP contribution is 2.72. The van der Waals surface area contributed by atoms with Crippen molar-refractivity contribution in [2.75, 3.05) is 6.61 Å². The third kappa shape index (κ3) is 8.02. The summed E-state index contributed by atoms with van der Waals surface area (Å²) >= 11 is 0. The van der Waals surface area contributed by atoms with E-state index < -0.39 is 85.0 Å². The van der Waals surface area contributed by atoms with E-state index in [9.17, 15) is 66.4 Å². The fraction of sp³-hybridized carbons (Fsp3) is 0.226. The number of hydrogen-bond acceptors (Lipinski definition) is 17. The maximum absolute atomic E-state index is 13.1. The van der Waals surface area contributed by atoms with E-state index in [2.05, 4.69) is 0 Å². The van der Waals surface area contributed by atoms with Gasteiger partial charge < -0.3 is 85.3 Å². The highest BCUT2D eigenvalue weighted by molar-refractivity contribution is 5.74. The smallest absolute Gasteiger partial charge is 0.229 e. The molecule has 1 fully saturated rings. The third-order valence-corrected chi connectivity index (χ3v) is 16.5. The summed E-state index contributed by atoms with van der Waals surface area (Å²) in [6, 6.07) is 37.7. The average molecular weight is 1070 g/mol. The second kappa shape index (κ2) is 18.7. The van der Waals surface area contributed by atoms with E-state index >= 15 is 0 Å². The minimum absolute atomic E-state index is 0.00235. The van der Waals surface area contributed by atoms with E-state index in [0.717, 1.165) is 0 Å². The first-order valence-electron chi connectivity index (χ1n) is 25.7. The van der Waals surface area contributed by atoms with Crippen LogP contribution < -0.4 is 14.2 Å². The Hall–Kier alpha value is -8.84. The Morgan fingerprint density at radius 3 is 1.46 bits per heavy atom. The van der Waals surface area contributed by atoms with E-state index in [-0.39, 0.29) is 63.2 Å². The SMILES string of the molecule is OC[C@H]1O[C@@H](Oc2cc3c(c([C@@H]4c5c(O)cc6c7c5[C@H]([C@@H](c5ccc(O)cc5)c5c(O)cc(O)cc5[C@@H]7[C@@H](c5ccc(O)cc5)O6)[C@H]4c4ccc(O)cc4)c2)[C@H](c2cc(O)cc(O)c2)[C@@H](c2ccc(O)cc2)O3)[C@H](O)[C@@H](O)[C@@H]1O. The minimum Gasteiger partial charge on any atom is -0.508 e. The molecule has 0 bridgehead atoms. The van der Waals surface area contributed by atoms with Gasteiger partial charge in [-0.15, -0.1) is 0 Å². The normalized spacial score (nSPS) is 27.0. The van der Waals surface area contributed by atoms with Crippen molar-refractivity contribution in [3.63, 3.8) is 0 Å². The molecule has 2 aliphatic carbocycles. The second-order valence-electron chi connectivity index (χ2n) is 21.0. The highest BCUT2D eigenvalue weighted by atomic mass is 16.7. The summed E-state index contributed by atoms with van der Waals surface area (Å²) in [6.45, 7) is -0.743. The van der Waals surface area contributed by atoms with Gasteiger partial charge in [0.15, 0.2) is 0 Å². The van der Waals surface area contributed by atoms with Crippen molar-refractivity contribution < 1.29 is 85.3 Å². The molecule has 13 N–H and O–H groups in total. The van der Waals surface area contributed by atoms with Crippen LogP contribution in [0.1, 0.15) is 114 Å². The molecule has 5 aliphatic rings. The number of aliphatic hydroxyl groups is 4. The Balaban J connectivity index is 1.14. The van der Waals surface area contributed by atoms with Crippen LogP contribution in [0.25, 0.3) is 0 Å². The van der Waals surface area contributed by atoms with Crippen LogP contribution in [0, 0.1) is 0 Å². The van der Waals surface area contributed by atoms with Crippen molar-refractivity contribution in [1.82, 2.24) is 0 Å². The molecule has 0 radical (unpaired) electrons. The van der Waals surface area contributed by atoms with Crippen molar-refractivity contribution in [1.29, 1.82) is 0 Å². The summed E-state index contributed by atoms with van der Waals surface area (Å²) in [5.74, 6) is -6.12. The summed E-state index contributed by atoms with van der Waals surface area (Å²) in [7, 11) is 0. The Bertz CT molecular complexity index is 3660. The zero-order chi connectivity index (χ0) is 54.9. The highest BCUT2D eigenvalue weighted by Gasteiger charge is 2.58. The average Bonchev–Trinajstić information content (AvgIpc) is 3.97. The Kier molecular flexibility index (Phi) is 11.8. The number of fused-ring (bicyclic) bond motifs is 3. The van der Waals surface area contributed by atoms with Crippen LogP contribution in [0.15, 0.2) is 146 Å². The molecular formula is C62H52O17. The Morgan fingerprint density at radius 2 is 0.873 bits per heavy atom. The van der Waals surface area contributed by atoms with Gasteiger partial charge in [0.1, 0.15) is 106 Å². The van der Waals surface area contributed by atoms with Crippen molar-refractivity contribution >= 4 is 0 Å². The molecule has 8 aromatic rings. The molecule has 0 saturated carbocycles. The number of phenols is 9. The van der Waals surface area contributed by atoms with Crippen LogP contribution >= 0.6 is 0 Å². The number of rotatable bonds is 9. The van der Waals surface area contributed by atoms with E-state index in [0.29, 0.717) is 72.5 Å². The lowest BCUT2D eigenvalue weighted by molar-refractivity contribution is -0.277. The zero-order valence-corrected chi connectivity index (χ0v) is 41.5. The maximum Gasteiger partial charge on any atom is 0.229 e. The molecule has 1 saturated heterocycles. The number of phenolic OH excluding ortho intramolecular Hbond substituents is 9. The molecule has 13 atom stereocenters. The van der Waals surface area contributed by atoms with Crippen molar-refractivity contribution in [3.05, 3.63) is 212 Å². The van der Waals surface area contributed by atoms with Gasteiger partial charge >= 0.3 is 0 Å². The molecule has 0 amide bonds. The van der Waals surface area contributed by atoms with Gasteiger partial charge in [0.05, 0.1) is 18.4 Å². The van der Waals surface area contributed by atoms with E-state index in [1.807, 2.05) is 0 Å². The van der Waals surface area contributed by atoms with E-state index in [1.54, 1.807) is 60.7 Å². The number of ether oxygens (including phenoxy) is 4. The lowest BCUT2D eigenvalue weighted by atomic mass is 9.68. The largest absolute Gasteiger partial charge is 0.508 e. The van der Waals surface area contributed by atoms with Crippen molar-refractivity contribution in [2.45, 2.75) is 78.4 Å². The summed E-state index contributed by atoms with van der Waals surface area (Å²) in [5, 5.41) is 146. The van der Waals surface area contributed by atoms with Gasteiger partial charge in [-0.3, -0.25) is 0 Å². The lowest BCUT2D eigenvalue weighted by Crippen LogP contribution is -2.60. The summed E-state index contributed by atoms with van der Waals surface area (Å²) < 4.78 is 26.3. The number of hydrogen-bond donors (Lipinski definition) is 13. The Morgan fingerprint density at radius 1 is 0.367 bits per heavy atom. The van der Waals surface area contributed by atoms with E-state index in [1.165, 1.54) is 84.9 Å². The van der Waals surface area contributed by atoms with E-state index in [4.69, 9.17) is 18.9 Å². The summed E-state index contributed by atoms with van der Waals surface area (Å²) in [6.07, 6.45) is -10.2. The molecule has 79 heavy (non-hydrogen) atoms. The molecule has 3 heterocycles. The molecule has 13 rings (SSSR count). The molecule has 17 heteroatoms. The monoisotopic (exact) mass is 1070 g/mol.